The summed E-state index contributed by atoms with van der Waals surface area (Å²) in [5.41, 5.74) is 0. The predicted molar refractivity (Wildman–Crippen MR) is 60.1 cm³/mol. The van der Waals surface area contributed by atoms with Crippen LogP contribution in [0.4, 0.5) is 4.79 Å². The number of nitrogens with one attached hydrogen (secondary N) is 1. The number of likely N-dealkylation sites (N-methyl/N-ethyl adjacent to an activating group) is 1. The summed E-state index contributed by atoms with van der Waals surface area (Å²) in [7, 11) is -1.90. The van der Waals surface area contributed by atoms with Crippen LogP contribution in [0.5, 0.6) is 0 Å². The zero-order valence-electron chi connectivity index (χ0n) is 9.45. The summed E-state index contributed by atoms with van der Waals surface area (Å²) in [4.78, 5) is 23.2. The normalized spacial score (nSPS) is 23.1. The van der Waals surface area contributed by atoms with Gasteiger partial charge in [-0.15, -0.1) is 0 Å². The zero-order chi connectivity index (χ0) is 13.2. The number of nitrogens with zero attached hydrogens (tertiary/aromatic N) is 1. The quantitative estimate of drug-likeness (QED) is 0.707. The van der Waals surface area contributed by atoms with Gasteiger partial charge in [0.15, 0.2) is 9.84 Å². The molecule has 8 heteroatoms. The number of rotatable bonds is 3. The number of carboxylic acid groups (broad SMARTS) is 1. The smallest absolute Gasteiger partial charge is 0.326 e. The van der Waals surface area contributed by atoms with Gasteiger partial charge in [0.25, 0.3) is 0 Å². The van der Waals surface area contributed by atoms with E-state index in [1.807, 2.05) is 0 Å². The van der Waals surface area contributed by atoms with Crippen molar-refractivity contribution in [2.24, 2.45) is 0 Å². The number of carbonyl (C=O) groups is 2. The van der Waals surface area contributed by atoms with Gasteiger partial charge in [0.05, 0.1) is 11.8 Å². The molecule has 0 saturated carbocycles. The van der Waals surface area contributed by atoms with Gasteiger partial charge in [0, 0.05) is 12.5 Å². The molecule has 0 aromatic heterocycles. The number of hydrogen-bond donors (Lipinski definition) is 2. The number of amides is 2. The van der Waals surface area contributed by atoms with Gasteiger partial charge in [0.1, 0.15) is 6.04 Å². The van der Waals surface area contributed by atoms with Crippen LogP contribution in [0.25, 0.3) is 0 Å². The second kappa shape index (κ2) is 4.74. The molecule has 17 heavy (non-hydrogen) atoms. The molecular weight excluding hydrogens is 248 g/mol. The monoisotopic (exact) mass is 262 g/mol. The molecule has 96 valence electrons. The van der Waals surface area contributed by atoms with E-state index in [9.17, 15) is 18.0 Å². The van der Waals surface area contributed by atoms with Gasteiger partial charge in [-0.2, -0.15) is 0 Å². The van der Waals surface area contributed by atoms with Crippen molar-refractivity contribution in [2.45, 2.75) is 19.0 Å². The SMILES string of the molecule is CC(C(=O)O)N(C)C(=O)NC1C=CS(=O)(=O)C1. The molecule has 0 aromatic carbocycles. The highest BCUT2D eigenvalue weighted by molar-refractivity contribution is 7.94. The topological polar surface area (TPSA) is 104 Å². The molecule has 2 amide bonds. The molecule has 2 N–H and O–H groups in total. The van der Waals surface area contributed by atoms with E-state index >= 15 is 0 Å². The molecule has 1 rings (SSSR count). The number of urea groups is 1. The number of aliphatic carboxylic acids is 1. The molecule has 0 bridgehead atoms. The van der Waals surface area contributed by atoms with E-state index in [1.54, 1.807) is 0 Å². The first-order chi connectivity index (χ1) is 7.73. The Hall–Kier alpha value is -1.57. The highest BCUT2D eigenvalue weighted by Gasteiger charge is 2.27. The molecule has 1 aliphatic heterocycles. The van der Waals surface area contributed by atoms with Crippen molar-refractivity contribution in [2.75, 3.05) is 12.8 Å². The average molecular weight is 262 g/mol. The molecule has 0 saturated heterocycles. The Labute approximate surface area is 99.0 Å². The van der Waals surface area contributed by atoms with Crippen molar-refractivity contribution < 1.29 is 23.1 Å². The standard InChI is InChI=1S/C9H14N2O5S/c1-6(8(12)13)11(2)9(14)10-7-3-4-17(15,16)5-7/h3-4,6-7H,5H2,1-2H3,(H,10,14)(H,12,13). The van der Waals surface area contributed by atoms with Crippen molar-refractivity contribution in [1.82, 2.24) is 10.2 Å². The second-order valence-corrected chi connectivity index (χ2v) is 5.77. The summed E-state index contributed by atoms with van der Waals surface area (Å²) in [6.45, 7) is 1.36. The van der Waals surface area contributed by atoms with Crippen LogP contribution in [-0.4, -0.2) is 55.3 Å². The number of hydrogen-bond acceptors (Lipinski definition) is 4. The van der Waals surface area contributed by atoms with Crippen LogP contribution in [0, 0.1) is 0 Å². The Morgan fingerprint density at radius 2 is 2.12 bits per heavy atom. The number of carbonyl (C=O) groups excluding carboxylic acids is 1. The first-order valence-electron chi connectivity index (χ1n) is 4.90. The van der Waals surface area contributed by atoms with E-state index in [2.05, 4.69) is 5.32 Å². The summed E-state index contributed by atoms with van der Waals surface area (Å²) in [5, 5.41) is 12.2. The Balaban J connectivity index is 2.57. The lowest BCUT2D eigenvalue weighted by Gasteiger charge is -2.23. The highest BCUT2D eigenvalue weighted by Crippen LogP contribution is 2.08. The lowest BCUT2D eigenvalue weighted by atomic mass is 10.3. The van der Waals surface area contributed by atoms with Crippen molar-refractivity contribution >= 4 is 21.8 Å². The fraction of sp³-hybridized carbons (Fsp3) is 0.556. The van der Waals surface area contributed by atoms with Crippen molar-refractivity contribution in [3.8, 4) is 0 Å². The third kappa shape index (κ3) is 3.45. The van der Waals surface area contributed by atoms with Gasteiger partial charge in [0.2, 0.25) is 0 Å². The Morgan fingerprint density at radius 3 is 2.53 bits per heavy atom. The van der Waals surface area contributed by atoms with E-state index in [0.717, 1.165) is 10.3 Å². The van der Waals surface area contributed by atoms with Crippen LogP contribution in [0.3, 0.4) is 0 Å². The van der Waals surface area contributed by atoms with Crippen LogP contribution in [0.15, 0.2) is 11.5 Å². The molecule has 0 fully saturated rings. The first-order valence-corrected chi connectivity index (χ1v) is 6.61. The lowest BCUT2D eigenvalue weighted by Crippen LogP contribution is -2.49. The Kier molecular flexibility index (Phi) is 3.76. The summed E-state index contributed by atoms with van der Waals surface area (Å²) >= 11 is 0. The summed E-state index contributed by atoms with van der Waals surface area (Å²) in [6, 6.07) is -2.19. The van der Waals surface area contributed by atoms with Gasteiger partial charge < -0.3 is 15.3 Å². The third-order valence-corrected chi connectivity index (χ3v) is 3.89. The lowest BCUT2D eigenvalue weighted by molar-refractivity contribution is -0.141. The van der Waals surface area contributed by atoms with E-state index in [1.165, 1.54) is 20.0 Å². The minimum Gasteiger partial charge on any atom is -0.480 e. The van der Waals surface area contributed by atoms with Gasteiger partial charge in [-0.25, -0.2) is 18.0 Å². The molecule has 1 heterocycles. The van der Waals surface area contributed by atoms with E-state index in [-0.39, 0.29) is 5.75 Å². The number of sulfone groups is 1. The molecule has 2 atom stereocenters. The van der Waals surface area contributed by atoms with Crippen LogP contribution >= 0.6 is 0 Å². The maximum Gasteiger partial charge on any atom is 0.326 e. The molecule has 1 aliphatic rings. The van der Waals surface area contributed by atoms with Crippen molar-refractivity contribution in [1.29, 1.82) is 0 Å². The minimum atomic E-state index is -3.23. The highest BCUT2D eigenvalue weighted by atomic mass is 32.2. The molecular formula is C9H14N2O5S. The first kappa shape index (κ1) is 13.5. The molecule has 0 aromatic rings. The van der Waals surface area contributed by atoms with Crippen LogP contribution < -0.4 is 5.32 Å². The summed E-state index contributed by atoms with van der Waals surface area (Å²) in [6.07, 6.45) is 1.37. The fourth-order valence-corrected chi connectivity index (χ4v) is 2.50. The second-order valence-electron chi connectivity index (χ2n) is 3.84. The van der Waals surface area contributed by atoms with E-state index in [4.69, 9.17) is 5.11 Å². The average Bonchev–Trinajstić information content (AvgIpc) is 2.55. The van der Waals surface area contributed by atoms with Gasteiger partial charge >= 0.3 is 12.0 Å². The summed E-state index contributed by atoms with van der Waals surface area (Å²) in [5.74, 6) is -1.31. The molecule has 7 nitrogen and oxygen atoms in total. The summed E-state index contributed by atoms with van der Waals surface area (Å²) < 4.78 is 22.2. The van der Waals surface area contributed by atoms with Gasteiger partial charge in [-0.05, 0) is 13.0 Å². The largest absolute Gasteiger partial charge is 0.480 e. The predicted octanol–water partition coefficient (Wildman–Crippen LogP) is -0.588. The van der Waals surface area contributed by atoms with Crippen molar-refractivity contribution in [3.05, 3.63) is 11.5 Å². The zero-order valence-corrected chi connectivity index (χ0v) is 10.3. The molecule has 0 aliphatic carbocycles. The van der Waals surface area contributed by atoms with Gasteiger partial charge in [-0.3, -0.25) is 0 Å². The Bertz CT molecular complexity index is 456. The van der Waals surface area contributed by atoms with E-state index in [0.29, 0.717) is 0 Å². The third-order valence-electron chi connectivity index (χ3n) is 2.50. The van der Waals surface area contributed by atoms with Crippen LogP contribution in [-0.2, 0) is 14.6 Å². The molecule has 2 unspecified atom stereocenters. The number of carboxylic acids is 1. The van der Waals surface area contributed by atoms with E-state index < -0.39 is 33.9 Å². The van der Waals surface area contributed by atoms with Crippen molar-refractivity contribution in [3.63, 3.8) is 0 Å². The van der Waals surface area contributed by atoms with Crippen LogP contribution in [0.1, 0.15) is 6.92 Å². The van der Waals surface area contributed by atoms with Crippen LogP contribution in [0.2, 0.25) is 0 Å². The van der Waals surface area contributed by atoms with Gasteiger partial charge in [-0.1, -0.05) is 0 Å². The fourth-order valence-electron chi connectivity index (χ4n) is 1.27. The molecule has 0 radical (unpaired) electrons. The maximum absolute atomic E-state index is 11.6. The molecule has 0 spiro atoms. The Morgan fingerprint density at radius 1 is 1.53 bits per heavy atom. The minimum absolute atomic E-state index is 0.186. The maximum atomic E-state index is 11.6.